The molecule has 0 aromatic carbocycles. The second-order valence-corrected chi connectivity index (χ2v) is 5.39. The van der Waals surface area contributed by atoms with E-state index in [0.717, 1.165) is 6.26 Å². The molecule has 1 fully saturated rings. The van der Waals surface area contributed by atoms with Crippen molar-refractivity contribution >= 4 is 15.9 Å². The first-order valence-corrected chi connectivity index (χ1v) is 6.05. The molecule has 0 unspecified atom stereocenters. The molecule has 14 heavy (non-hydrogen) atoms. The molecule has 1 heterocycles. The van der Waals surface area contributed by atoms with E-state index < -0.39 is 15.9 Å². The molecule has 82 valence electrons. The van der Waals surface area contributed by atoms with Crippen molar-refractivity contribution in [3.05, 3.63) is 0 Å². The number of rotatable bonds is 4. The Morgan fingerprint density at radius 1 is 1.57 bits per heavy atom. The summed E-state index contributed by atoms with van der Waals surface area (Å²) < 4.78 is 28.4. The fourth-order valence-electron chi connectivity index (χ4n) is 1.06. The Balaban J connectivity index is 2.28. The molecule has 7 heteroatoms. The Kier molecular flexibility index (Phi) is 3.13. The van der Waals surface area contributed by atoms with Crippen LogP contribution in [0.25, 0.3) is 0 Å². The molecule has 0 radical (unpaired) electrons. The zero-order chi connectivity index (χ0) is 10.8. The van der Waals surface area contributed by atoms with Crippen molar-refractivity contribution in [3.63, 3.8) is 0 Å². The molecule has 0 bridgehead atoms. The zero-order valence-corrected chi connectivity index (χ0v) is 8.98. The molecule has 1 aliphatic rings. The SMILES string of the molecule is CC1(OCC(=O)NS(C)(=O)=O)CNC1. The second kappa shape index (κ2) is 3.84. The van der Waals surface area contributed by atoms with Crippen molar-refractivity contribution in [2.24, 2.45) is 0 Å². The third kappa shape index (κ3) is 3.60. The maximum absolute atomic E-state index is 11.0. The van der Waals surface area contributed by atoms with E-state index >= 15 is 0 Å². The molecule has 1 aliphatic heterocycles. The first-order chi connectivity index (χ1) is 6.31. The van der Waals surface area contributed by atoms with E-state index in [1.807, 2.05) is 11.6 Å². The molecule has 1 saturated heterocycles. The number of hydrogen-bond donors (Lipinski definition) is 2. The standard InChI is InChI=1S/C7H14N2O4S/c1-7(4-8-5-7)13-3-6(10)9-14(2,11)12/h8H,3-5H2,1-2H3,(H,9,10). The minimum atomic E-state index is -3.47. The highest BCUT2D eigenvalue weighted by Crippen LogP contribution is 2.14. The summed E-state index contributed by atoms with van der Waals surface area (Å²) in [6.07, 6.45) is 0.928. The van der Waals surface area contributed by atoms with Gasteiger partial charge < -0.3 is 10.1 Å². The number of amides is 1. The van der Waals surface area contributed by atoms with Crippen LogP contribution in [0.5, 0.6) is 0 Å². The molecule has 0 aromatic heterocycles. The van der Waals surface area contributed by atoms with Crippen LogP contribution in [0.2, 0.25) is 0 Å². The van der Waals surface area contributed by atoms with Gasteiger partial charge in [-0.25, -0.2) is 8.42 Å². The smallest absolute Gasteiger partial charge is 0.259 e. The summed E-state index contributed by atoms with van der Waals surface area (Å²) in [4.78, 5) is 11.0. The van der Waals surface area contributed by atoms with E-state index in [1.165, 1.54) is 0 Å². The van der Waals surface area contributed by atoms with Gasteiger partial charge in [0.2, 0.25) is 10.0 Å². The van der Waals surface area contributed by atoms with Crippen LogP contribution in [-0.2, 0) is 19.6 Å². The first-order valence-electron chi connectivity index (χ1n) is 4.16. The van der Waals surface area contributed by atoms with Crippen molar-refractivity contribution in [3.8, 4) is 0 Å². The second-order valence-electron chi connectivity index (χ2n) is 3.64. The summed E-state index contributed by atoms with van der Waals surface area (Å²) in [5, 5.41) is 3.00. The number of nitrogens with one attached hydrogen (secondary N) is 2. The minimum Gasteiger partial charge on any atom is -0.363 e. The monoisotopic (exact) mass is 222 g/mol. The van der Waals surface area contributed by atoms with Gasteiger partial charge in [0, 0.05) is 13.1 Å². The molecular formula is C7H14N2O4S. The van der Waals surface area contributed by atoms with Crippen LogP contribution in [0, 0.1) is 0 Å². The summed E-state index contributed by atoms with van der Waals surface area (Å²) in [5.74, 6) is -0.638. The maximum Gasteiger partial charge on any atom is 0.259 e. The molecule has 6 nitrogen and oxygen atoms in total. The topological polar surface area (TPSA) is 84.5 Å². The normalized spacial score (nSPS) is 19.9. The van der Waals surface area contributed by atoms with Crippen LogP contribution in [0.1, 0.15) is 6.92 Å². The molecule has 0 aromatic rings. The van der Waals surface area contributed by atoms with Gasteiger partial charge in [0.05, 0.1) is 11.9 Å². The predicted molar refractivity (Wildman–Crippen MR) is 50.2 cm³/mol. The van der Waals surface area contributed by atoms with Crippen LogP contribution in [-0.4, -0.2) is 45.9 Å². The molecule has 2 N–H and O–H groups in total. The van der Waals surface area contributed by atoms with Gasteiger partial charge in [-0.3, -0.25) is 9.52 Å². The Labute approximate surface area is 83.1 Å². The lowest BCUT2D eigenvalue weighted by molar-refractivity contribution is -0.134. The van der Waals surface area contributed by atoms with Crippen LogP contribution in [0.15, 0.2) is 0 Å². The predicted octanol–water partition coefficient (Wildman–Crippen LogP) is -1.56. The van der Waals surface area contributed by atoms with E-state index in [2.05, 4.69) is 5.32 Å². The van der Waals surface area contributed by atoms with Gasteiger partial charge in [-0.1, -0.05) is 0 Å². The number of sulfonamides is 1. The Bertz CT molecular complexity index is 321. The summed E-state index contributed by atoms with van der Waals surface area (Å²) in [6.45, 7) is 2.99. The molecule has 1 rings (SSSR count). The highest BCUT2D eigenvalue weighted by atomic mass is 32.2. The highest BCUT2D eigenvalue weighted by molar-refractivity contribution is 7.89. The van der Waals surface area contributed by atoms with Gasteiger partial charge in [0.15, 0.2) is 0 Å². The molecule has 1 amide bonds. The van der Waals surface area contributed by atoms with Gasteiger partial charge in [-0.2, -0.15) is 0 Å². The van der Waals surface area contributed by atoms with E-state index in [4.69, 9.17) is 4.74 Å². The lowest BCUT2D eigenvalue weighted by atomic mass is 10.0. The summed E-state index contributed by atoms with van der Waals surface area (Å²) in [6, 6.07) is 0. The highest BCUT2D eigenvalue weighted by Gasteiger charge is 2.33. The van der Waals surface area contributed by atoms with Crippen molar-refractivity contribution in [1.29, 1.82) is 0 Å². The Morgan fingerprint density at radius 2 is 2.14 bits per heavy atom. The number of carbonyl (C=O) groups is 1. The van der Waals surface area contributed by atoms with Crippen molar-refractivity contribution in [2.45, 2.75) is 12.5 Å². The minimum absolute atomic E-state index is 0.231. The van der Waals surface area contributed by atoms with E-state index in [0.29, 0.717) is 13.1 Å². The van der Waals surface area contributed by atoms with Gasteiger partial charge >= 0.3 is 0 Å². The quantitative estimate of drug-likeness (QED) is 0.601. The fraction of sp³-hybridized carbons (Fsp3) is 0.857. The average molecular weight is 222 g/mol. The molecular weight excluding hydrogens is 208 g/mol. The molecule has 0 spiro atoms. The van der Waals surface area contributed by atoms with Gasteiger partial charge in [-0.05, 0) is 6.92 Å². The van der Waals surface area contributed by atoms with Crippen LogP contribution >= 0.6 is 0 Å². The van der Waals surface area contributed by atoms with Crippen LogP contribution < -0.4 is 10.0 Å². The number of carbonyl (C=O) groups excluding carboxylic acids is 1. The largest absolute Gasteiger partial charge is 0.363 e. The maximum atomic E-state index is 11.0. The van der Waals surface area contributed by atoms with E-state index in [9.17, 15) is 13.2 Å². The number of hydrogen-bond acceptors (Lipinski definition) is 5. The van der Waals surface area contributed by atoms with Crippen LogP contribution in [0.3, 0.4) is 0 Å². The Morgan fingerprint density at radius 3 is 2.50 bits per heavy atom. The van der Waals surface area contributed by atoms with Gasteiger partial charge in [0.1, 0.15) is 6.61 Å². The summed E-state index contributed by atoms with van der Waals surface area (Å²) >= 11 is 0. The van der Waals surface area contributed by atoms with Crippen molar-refractivity contribution < 1.29 is 17.9 Å². The molecule has 0 atom stereocenters. The third-order valence-corrected chi connectivity index (χ3v) is 2.45. The number of ether oxygens (including phenoxy) is 1. The van der Waals surface area contributed by atoms with E-state index in [-0.39, 0.29) is 12.2 Å². The third-order valence-electron chi connectivity index (χ3n) is 1.85. The van der Waals surface area contributed by atoms with Gasteiger partial charge in [-0.15, -0.1) is 0 Å². The summed E-state index contributed by atoms with van der Waals surface area (Å²) in [7, 11) is -3.47. The van der Waals surface area contributed by atoms with Crippen LogP contribution in [0.4, 0.5) is 0 Å². The zero-order valence-electron chi connectivity index (χ0n) is 8.16. The average Bonchev–Trinajstić information content (AvgIpc) is 1.94. The van der Waals surface area contributed by atoms with Crippen molar-refractivity contribution in [1.82, 2.24) is 10.0 Å². The molecule has 0 aliphatic carbocycles. The first kappa shape index (κ1) is 11.4. The molecule has 0 saturated carbocycles. The lowest BCUT2D eigenvalue weighted by Crippen LogP contribution is -2.59. The summed E-state index contributed by atoms with van der Waals surface area (Å²) in [5.41, 5.74) is -0.338. The fourth-order valence-corrected chi connectivity index (χ4v) is 1.53. The Hall–Kier alpha value is -0.660. The van der Waals surface area contributed by atoms with E-state index in [1.54, 1.807) is 0 Å². The van der Waals surface area contributed by atoms with Gasteiger partial charge in [0.25, 0.3) is 5.91 Å². The van der Waals surface area contributed by atoms with Crippen molar-refractivity contribution in [2.75, 3.05) is 26.0 Å². The lowest BCUT2D eigenvalue weighted by Gasteiger charge is -2.38.